The Morgan fingerprint density at radius 2 is 1.64 bits per heavy atom. The van der Waals surface area contributed by atoms with Gasteiger partial charge >= 0.3 is 0 Å². The number of alkyl halides is 3. The van der Waals surface area contributed by atoms with E-state index < -0.39 is 15.9 Å². The first-order valence-electron chi connectivity index (χ1n) is 7.26. The number of hydrogen-bond acceptors (Lipinski definition) is 4. The second-order valence-corrected chi connectivity index (χ2v) is 7.39. The van der Waals surface area contributed by atoms with Crippen molar-refractivity contribution in [1.82, 2.24) is 5.32 Å². The van der Waals surface area contributed by atoms with Gasteiger partial charge in [-0.2, -0.15) is 0 Å². The number of halogens is 3. The second kappa shape index (κ2) is 8.52. The van der Waals surface area contributed by atoms with Gasteiger partial charge in [0, 0.05) is 5.69 Å². The van der Waals surface area contributed by atoms with Crippen LogP contribution in [0, 0.1) is 0 Å². The van der Waals surface area contributed by atoms with Crippen LogP contribution in [0.25, 0.3) is 0 Å². The molecule has 0 bridgehead atoms. The van der Waals surface area contributed by atoms with Crippen molar-refractivity contribution in [3.63, 3.8) is 0 Å². The fraction of sp³-hybridized carbons (Fsp3) is 0.235. The summed E-state index contributed by atoms with van der Waals surface area (Å²) in [6, 6.07) is 13.8. The highest BCUT2D eigenvalue weighted by molar-refractivity contribution is 6.68. The standard InChI is InChI=1S/C17H17Cl3N2O3/c1-24-12-9-7-11(8-10-12)21-16(17(18,19)20)22-15(23)13-5-3-4-6-14(13)25-2/h3-10,16,21H,1-2H3,(H,22,23)/t16-/m0/s1. The van der Waals surface area contributed by atoms with Gasteiger partial charge in [-0.15, -0.1) is 0 Å². The van der Waals surface area contributed by atoms with Crippen molar-refractivity contribution in [3.8, 4) is 11.5 Å². The van der Waals surface area contributed by atoms with E-state index in [1.54, 1.807) is 55.6 Å². The molecule has 0 fully saturated rings. The van der Waals surface area contributed by atoms with Crippen LogP contribution in [0.1, 0.15) is 10.4 Å². The minimum Gasteiger partial charge on any atom is -0.497 e. The summed E-state index contributed by atoms with van der Waals surface area (Å²) >= 11 is 18.0. The van der Waals surface area contributed by atoms with Crippen molar-refractivity contribution in [3.05, 3.63) is 54.1 Å². The lowest BCUT2D eigenvalue weighted by atomic mass is 10.2. The Bertz CT molecular complexity index is 718. The van der Waals surface area contributed by atoms with E-state index in [-0.39, 0.29) is 0 Å². The number of anilines is 1. The molecule has 1 atom stereocenters. The van der Waals surface area contributed by atoms with Gasteiger partial charge < -0.3 is 20.1 Å². The van der Waals surface area contributed by atoms with Gasteiger partial charge in [-0.05, 0) is 36.4 Å². The van der Waals surface area contributed by atoms with Crippen LogP contribution in [0.2, 0.25) is 0 Å². The number of ether oxygens (including phenoxy) is 2. The van der Waals surface area contributed by atoms with Gasteiger partial charge in [-0.25, -0.2) is 0 Å². The van der Waals surface area contributed by atoms with Crippen molar-refractivity contribution in [1.29, 1.82) is 0 Å². The van der Waals surface area contributed by atoms with Gasteiger partial charge in [0.15, 0.2) is 0 Å². The van der Waals surface area contributed by atoms with Gasteiger partial charge in [0.2, 0.25) is 3.79 Å². The van der Waals surface area contributed by atoms with Crippen LogP contribution < -0.4 is 20.1 Å². The molecule has 0 spiro atoms. The maximum atomic E-state index is 12.5. The Kier molecular flexibility index (Phi) is 6.64. The van der Waals surface area contributed by atoms with Crippen molar-refractivity contribution in [2.45, 2.75) is 9.96 Å². The summed E-state index contributed by atoms with van der Waals surface area (Å²) in [4.78, 5) is 12.5. The summed E-state index contributed by atoms with van der Waals surface area (Å²) in [5, 5.41) is 5.65. The molecule has 2 N–H and O–H groups in total. The molecule has 0 aliphatic heterocycles. The average Bonchev–Trinajstić information content (AvgIpc) is 2.60. The molecule has 8 heteroatoms. The van der Waals surface area contributed by atoms with Gasteiger partial charge in [0.05, 0.1) is 19.8 Å². The second-order valence-electron chi connectivity index (χ2n) is 5.02. The molecule has 2 rings (SSSR count). The van der Waals surface area contributed by atoms with Crippen LogP contribution in [0.3, 0.4) is 0 Å². The monoisotopic (exact) mass is 402 g/mol. The molecule has 5 nitrogen and oxygen atoms in total. The van der Waals surface area contributed by atoms with E-state index in [0.29, 0.717) is 22.7 Å². The Balaban J connectivity index is 2.18. The normalized spacial score (nSPS) is 12.2. The van der Waals surface area contributed by atoms with Crippen LogP contribution in [0.4, 0.5) is 5.69 Å². The first-order chi connectivity index (χ1) is 11.8. The summed E-state index contributed by atoms with van der Waals surface area (Å²) < 4.78 is 8.50. The average molecular weight is 404 g/mol. The highest BCUT2D eigenvalue weighted by Gasteiger charge is 2.34. The third-order valence-corrected chi connectivity index (χ3v) is 4.01. The first kappa shape index (κ1) is 19.5. The summed E-state index contributed by atoms with van der Waals surface area (Å²) in [7, 11) is 3.05. The summed E-state index contributed by atoms with van der Waals surface area (Å²) in [5.74, 6) is 0.677. The number of amides is 1. The van der Waals surface area contributed by atoms with E-state index in [1.165, 1.54) is 7.11 Å². The molecule has 2 aromatic carbocycles. The Morgan fingerprint density at radius 1 is 1.00 bits per heavy atom. The molecular formula is C17H17Cl3N2O3. The van der Waals surface area contributed by atoms with E-state index in [0.717, 1.165) is 0 Å². The summed E-state index contributed by atoms with van der Waals surface area (Å²) in [5.41, 5.74) is 0.984. The van der Waals surface area contributed by atoms with E-state index in [2.05, 4.69) is 10.6 Å². The molecular weight excluding hydrogens is 387 g/mol. The molecule has 2 aromatic rings. The van der Waals surface area contributed by atoms with Crippen LogP contribution in [0.15, 0.2) is 48.5 Å². The van der Waals surface area contributed by atoms with Gasteiger partial charge in [-0.3, -0.25) is 4.79 Å². The molecule has 1 amide bonds. The quantitative estimate of drug-likeness (QED) is 0.559. The van der Waals surface area contributed by atoms with Gasteiger partial charge in [0.1, 0.15) is 17.7 Å². The Hall–Kier alpha value is -1.82. The van der Waals surface area contributed by atoms with E-state index in [4.69, 9.17) is 44.3 Å². The molecule has 134 valence electrons. The smallest absolute Gasteiger partial charge is 0.256 e. The molecule has 0 aliphatic rings. The molecule has 0 unspecified atom stereocenters. The maximum absolute atomic E-state index is 12.5. The molecule has 25 heavy (non-hydrogen) atoms. The van der Waals surface area contributed by atoms with Gasteiger partial charge in [0.25, 0.3) is 5.91 Å². The van der Waals surface area contributed by atoms with Crippen molar-refractivity contribution in [2.75, 3.05) is 19.5 Å². The number of para-hydroxylation sites is 1. The van der Waals surface area contributed by atoms with Gasteiger partial charge in [-0.1, -0.05) is 46.9 Å². The fourth-order valence-electron chi connectivity index (χ4n) is 2.09. The summed E-state index contributed by atoms with van der Waals surface area (Å²) in [6.07, 6.45) is -0.969. The molecule has 0 aromatic heterocycles. The zero-order valence-corrected chi connectivity index (χ0v) is 15.8. The number of benzene rings is 2. The zero-order chi connectivity index (χ0) is 18.4. The highest BCUT2D eigenvalue weighted by atomic mass is 35.6. The Labute approximate surface area is 161 Å². The lowest BCUT2D eigenvalue weighted by Gasteiger charge is -2.27. The van der Waals surface area contributed by atoms with E-state index in [9.17, 15) is 4.79 Å². The van der Waals surface area contributed by atoms with Crippen LogP contribution in [-0.4, -0.2) is 30.1 Å². The predicted octanol–water partition coefficient (Wildman–Crippen LogP) is 4.24. The fourth-order valence-corrected chi connectivity index (χ4v) is 2.42. The number of methoxy groups -OCH3 is 2. The number of rotatable bonds is 6. The highest BCUT2D eigenvalue weighted by Crippen LogP contribution is 2.32. The molecule has 0 heterocycles. The molecule has 0 saturated carbocycles. The van der Waals surface area contributed by atoms with E-state index in [1.807, 2.05) is 0 Å². The number of hydrogen-bond donors (Lipinski definition) is 2. The van der Waals surface area contributed by atoms with Crippen molar-refractivity contribution in [2.24, 2.45) is 0 Å². The largest absolute Gasteiger partial charge is 0.497 e. The van der Waals surface area contributed by atoms with E-state index >= 15 is 0 Å². The lowest BCUT2D eigenvalue weighted by Crippen LogP contribution is -2.49. The van der Waals surface area contributed by atoms with Crippen molar-refractivity contribution >= 4 is 46.4 Å². The zero-order valence-electron chi connectivity index (χ0n) is 13.6. The lowest BCUT2D eigenvalue weighted by molar-refractivity contribution is 0.0939. The van der Waals surface area contributed by atoms with Crippen molar-refractivity contribution < 1.29 is 14.3 Å². The van der Waals surface area contributed by atoms with Crippen LogP contribution in [-0.2, 0) is 0 Å². The minimum atomic E-state index is -1.78. The summed E-state index contributed by atoms with van der Waals surface area (Å²) in [6.45, 7) is 0. The van der Waals surface area contributed by atoms with Crippen LogP contribution in [0.5, 0.6) is 11.5 Å². The third kappa shape index (κ3) is 5.33. The molecule has 0 saturated heterocycles. The number of carbonyl (C=O) groups excluding carboxylic acids is 1. The first-order valence-corrected chi connectivity index (χ1v) is 8.39. The maximum Gasteiger partial charge on any atom is 0.256 e. The molecule has 0 radical (unpaired) electrons. The van der Waals surface area contributed by atoms with Crippen LogP contribution >= 0.6 is 34.8 Å². The number of nitrogens with one attached hydrogen (secondary N) is 2. The number of carbonyl (C=O) groups is 1. The Morgan fingerprint density at radius 3 is 2.20 bits per heavy atom. The predicted molar refractivity (Wildman–Crippen MR) is 101 cm³/mol. The SMILES string of the molecule is COc1ccc(N[C@@H](NC(=O)c2ccccc2OC)C(Cl)(Cl)Cl)cc1. The minimum absolute atomic E-state index is 0.334. The topological polar surface area (TPSA) is 59.6 Å². The molecule has 0 aliphatic carbocycles. The third-order valence-electron chi connectivity index (χ3n) is 3.36.